The number of benzene rings is 2. The summed E-state index contributed by atoms with van der Waals surface area (Å²) in [6, 6.07) is 17.5. The first-order valence-corrected chi connectivity index (χ1v) is 9.01. The average Bonchev–Trinajstić information content (AvgIpc) is 2.67. The van der Waals surface area contributed by atoms with Crippen molar-refractivity contribution >= 4 is 17.9 Å². The number of carbonyl (C=O) groups is 2. The van der Waals surface area contributed by atoms with Gasteiger partial charge in [-0.25, -0.2) is 0 Å². The van der Waals surface area contributed by atoms with E-state index in [0.717, 1.165) is 24.0 Å². The van der Waals surface area contributed by atoms with Gasteiger partial charge in [-0.05, 0) is 43.5 Å². The van der Waals surface area contributed by atoms with Gasteiger partial charge in [0.25, 0.3) is 5.91 Å². The minimum Gasteiger partial charge on any atom is -0.349 e. The zero-order valence-corrected chi connectivity index (χ0v) is 15.0. The number of carbonyl (C=O) groups excluding carboxylic acids is 2. The van der Waals surface area contributed by atoms with Gasteiger partial charge < -0.3 is 10.2 Å². The molecule has 1 heterocycles. The van der Waals surface area contributed by atoms with Gasteiger partial charge in [0.05, 0.1) is 0 Å². The molecule has 1 aliphatic rings. The second kappa shape index (κ2) is 8.48. The first-order valence-electron chi connectivity index (χ1n) is 9.01. The quantitative estimate of drug-likeness (QED) is 0.861. The molecule has 2 aromatic rings. The molecular formula is C22H24N2O2. The van der Waals surface area contributed by atoms with Gasteiger partial charge in [0.1, 0.15) is 0 Å². The van der Waals surface area contributed by atoms with Crippen molar-refractivity contribution < 1.29 is 9.59 Å². The maximum atomic E-state index is 12.3. The normalized spacial score (nSPS) is 15.2. The van der Waals surface area contributed by atoms with Gasteiger partial charge in [-0.2, -0.15) is 0 Å². The van der Waals surface area contributed by atoms with Crippen LogP contribution in [0, 0.1) is 6.92 Å². The minimum atomic E-state index is -0.0394. The van der Waals surface area contributed by atoms with E-state index in [-0.39, 0.29) is 17.9 Å². The summed E-state index contributed by atoms with van der Waals surface area (Å²) in [4.78, 5) is 26.5. The molecule has 0 atom stereocenters. The molecule has 4 nitrogen and oxygen atoms in total. The van der Waals surface area contributed by atoms with Crippen molar-refractivity contribution in [3.8, 4) is 0 Å². The molecule has 134 valence electrons. The molecule has 0 radical (unpaired) electrons. The fourth-order valence-corrected chi connectivity index (χ4v) is 3.14. The number of hydrogen-bond acceptors (Lipinski definition) is 2. The van der Waals surface area contributed by atoms with Crippen molar-refractivity contribution in [1.29, 1.82) is 0 Å². The number of amides is 2. The third-order valence-corrected chi connectivity index (χ3v) is 4.64. The lowest BCUT2D eigenvalue weighted by Gasteiger charge is -2.31. The van der Waals surface area contributed by atoms with Gasteiger partial charge in [-0.3, -0.25) is 9.59 Å². The molecule has 26 heavy (non-hydrogen) atoms. The van der Waals surface area contributed by atoms with E-state index in [1.165, 1.54) is 0 Å². The highest BCUT2D eigenvalue weighted by molar-refractivity contribution is 5.94. The molecule has 0 saturated carbocycles. The Morgan fingerprint density at radius 2 is 1.77 bits per heavy atom. The predicted octanol–water partition coefficient (Wildman–Crippen LogP) is 3.43. The lowest BCUT2D eigenvalue weighted by molar-refractivity contribution is -0.126. The van der Waals surface area contributed by atoms with E-state index < -0.39 is 0 Å². The molecule has 1 N–H and O–H groups in total. The zero-order chi connectivity index (χ0) is 18.4. The van der Waals surface area contributed by atoms with Crippen molar-refractivity contribution in [3.63, 3.8) is 0 Å². The average molecular weight is 348 g/mol. The van der Waals surface area contributed by atoms with Gasteiger partial charge in [0.15, 0.2) is 0 Å². The second-order valence-corrected chi connectivity index (χ2v) is 6.69. The number of nitrogens with one attached hydrogen (secondary N) is 1. The Balaban J connectivity index is 1.48. The van der Waals surface area contributed by atoms with Crippen LogP contribution in [0.15, 0.2) is 60.7 Å². The van der Waals surface area contributed by atoms with E-state index in [4.69, 9.17) is 0 Å². The minimum absolute atomic E-state index is 0.0253. The SMILES string of the molecule is Cc1cccc(C(=O)NC2CCN(C(=O)/C=C/c3ccccc3)CC2)c1. The maximum absolute atomic E-state index is 12.3. The molecule has 3 rings (SSSR count). The summed E-state index contributed by atoms with van der Waals surface area (Å²) in [5, 5.41) is 3.08. The highest BCUT2D eigenvalue weighted by atomic mass is 16.2. The molecule has 0 bridgehead atoms. The van der Waals surface area contributed by atoms with Crippen LogP contribution in [0.3, 0.4) is 0 Å². The third kappa shape index (κ3) is 4.82. The van der Waals surface area contributed by atoms with Crippen LogP contribution in [-0.2, 0) is 4.79 Å². The van der Waals surface area contributed by atoms with E-state index in [1.54, 1.807) is 6.08 Å². The van der Waals surface area contributed by atoms with Crippen LogP contribution >= 0.6 is 0 Å². The summed E-state index contributed by atoms with van der Waals surface area (Å²) in [7, 11) is 0. The van der Waals surface area contributed by atoms with Crippen LogP contribution in [0.2, 0.25) is 0 Å². The Morgan fingerprint density at radius 3 is 2.46 bits per heavy atom. The van der Waals surface area contributed by atoms with Crippen LogP contribution < -0.4 is 5.32 Å². The molecule has 0 aromatic heterocycles. The van der Waals surface area contributed by atoms with E-state index in [1.807, 2.05) is 72.5 Å². The number of likely N-dealkylation sites (tertiary alicyclic amines) is 1. The summed E-state index contributed by atoms with van der Waals surface area (Å²) in [5.74, 6) is -0.0141. The molecule has 0 spiro atoms. The number of nitrogens with zero attached hydrogens (tertiary/aromatic N) is 1. The van der Waals surface area contributed by atoms with Gasteiger partial charge in [0.2, 0.25) is 5.91 Å². The molecule has 0 unspecified atom stereocenters. The van der Waals surface area contributed by atoms with Gasteiger partial charge in [0, 0.05) is 30.8 Å². The first kappa shape index (κ1) is 17.9. The molecule has 1 saturated heterocycles. The number of aryl methyl sites for hydroxylation is 1. The number of hydrogen-bond donors (Lipinski definition) is 1. The lowest BCUT2D eigenvalue weighted by Crippen LogP contribution is -2.46. The largest absolute Gasteiger partial charge is 0.349 e. The highest BCUT2D eigenvalue weighted by Gasteiger charge is 2.23. The summed E-state index contributed by atoms with van der Waals surface area (Å²) in [6.07, 6.45) is 5.03. The van der Waals surface area contributed by atoms with E-state index >= 15 is 0 Å². The highest BCUT2D eigenvalue weighted by Crippen LogP contribution is 2.13. The predicted molar refractivity (Wildman–Crippen MR) is 104 cm³/mol. The van der Waals surface area contributed by atoms with Crippen molar-refractivity contribution in [1.82, 2.24) is 10.2 Å². The molecule has 0 aliphatic carbocycles. The summed E-state index contributed by atoms with van der Waals surface area (Å²) in [5.41, 5.74) is 2.78. The standard InChI is InChI=1S/C22H24N2O2/c1-17-6-5-9-19(16-17)22(26)23-20-12-14-24(15-13-20)21(25)11-10-18-7-3-2-4-8-18/h2-11,16,20H,12-15H2,1H3,(H,23,26)/b11-10+. The Kier molecular flexibility index (Phi) is 5.84. The van der Waals surface area contributed by atoms with Crippen LogP contribution in [-0.4, -0.2) is 35.8 Å². The van der Waals surface area contributed by atoms with Crippen LogP contribution in [0.1, 0.15) is 34.3 Å². The van der Waals surface area contributed by atoms with Crippen LogP contribution in [0.5, 0.6) is 0 Å². The Hall–Kier alpha value is -2.88. The van der Waals surface area contributed by atoms with E-state index in [9.17, 15) is 9.59 Å². The van der Waals surface area contributed by atoms with Crippen molar-refractivity contribution in [2.24, 2.45) is 0 Å². The van der Waals surface area contributed by atoms with Gasteiger partial charge in [-0.15, -0.1) is 0 Å². The summed E-state index contributed by atoms with van der Waals surface area (Å²) in [6.45, 7) is 3.30. The molecule has 2 amide bonds. The molecule has 4 heteroatoms. The fraction of sp³-hybridized carbons (Fsp3) is 0.273. The smallest absolute Gasteiger partial charge is 0.251 e. The van der Waals surface area contributed by atoms with Crippen molar-refractivity contribution in [2.75, 3.05) is 13.1 Å². The Labute approximate surface area is 154 Å². The van der Waals surface area contributed by atoms with Gasteiger partial charge >= 0.3 is 0 Å². The Morgan fingerprint density at radius 1 is 1.04 bits per heavy atom. The second-order valence-electron chi connectivity index (χ2n) is 6.69. The summed E-state index contributed by atoms with van der Waals surface area (Å²) < 4.78 is 0. The number of rotatable bonds is 4. The number of piperidine rings is 1. The molecule has 1 fully saturated rings. The fourth-order valence-electron chi connectivity index (χ4n) is 3.14. The van der Waals surface area contributed by atoms with E-state index in [0.29, 0.717) is 18.7 Å². The van der Waals surface area contributed by atoms with Gasteiger partial charge in [-0.1, -0.05) is 48.0 Å². The molecule has 1 aliphatic heterocycles. The molecular weight excluding hydrogens is 324 g/mol. The lowest BCUT2D eigenvalue weighted by atomic mass is 10.0. The van der Waals surface area contributed by atoms with Crippen LogP contribution in [0.25, 0.3) is 6.08 Å². The Bertz CT molecular complexity index is 791. The zero-order valence-electron chi connectivity index (χ0n) is 15.0. The topological polar surface area (TPSA) is 49.4 Å². The summed E-state index contributed by atoms with van der Waals surface area (Å²) >= 11 is 0. The van der Waals surface area contributed by atoms with E-state index in [2.05, 4.69) is 5.32 Å². The monoisotopic (exact) mass is 348 g/mol. The first-order chi connectivity index (χ1) is 12.6. The molecule has 2 aromatic carbocycles. The third-order valence-electron chi connectivity index (χ3n) is 4.64. The van der Waals surface area contributed by atoms with Crippen LogP contribution in [0.4, 0.5) is 0 Å². The maximum Gasteiger partial charge on any atom is 0.251 e. The van der Waals surface area contributed by atoms with Crippen molar-refractivity contribution in [2.45, 2.75) is 25.8 Å². The van der Waals surface area contributed by atoms with Crippen molar-refractivity contribution in [3.05, 3.63) is 77.4 Å².